The average molecular weight is 387 g/mol. The summed E-state index contributed by atoms with van der Waals surface area (Å²) in [6.45, 7) is 3.47. The summed E-state index contributed by atoms with van der Waals surface area (Å²) in [7, 11) is 0. The monoisotopic (exact) mass is 386 g/mol. The summed E-state index contributed by atoms with van der Waals surface area (Å²) in [5.74, 6) is 6.75. The van der Waals surface area contributed by atoms with Crippen LogP contribution in [0.5, 0.6) is 0 Å². The van der Waals surface area contributed by atoms with Crippen LogP contribution in [0.25, 0.3) is 0 Å². The molecule has 0 aromatic carbocycles. The second kappa shape index (κ2) is 5.04. The molecule has 10 atom stereocenters. The molecule has 146 valence electrons. The number of ketones is 1. The molecule has 1 saturated heterocycles. The number of allylic oxidation sites excluding steroid dienone is 1. The zero-order valence-corrected chi connectivity index (χ0v) is 17.1. The molecule has 0 amide bonds. The first kappa shape index (κ1) is 16.5. The fourth-order valence-corrected chi connectivity index (χ4v) is 10.4. The molecule has 3 heteroatoms. The fraction of sp³-hybridized carbons (Fsp3) is 0.875. The number of carbonyl (C=O) groups is 1. The number of rotatable bonds is 1. The molecule has 0 aromatic heterocycles. The van der Waals surface area contributed by atoms with Gasteiger partial charge in [-0.05, 0) is 104 Å². The molecule has 1 spiro atoms. The van der Waals surface area contributed by atoms with E-state index in [-0.39, 0.29) is 11.4 Å². The molecule has 5 saturated carbocycles. The molecule has 0 aromatic rings. The van der Waals surface area contributed by atoms with Crippen molar-refractivity contribution in [3.8, 4) is 0 Å². The maximum absolute atomic E-state index is 12.3. The van der Waals surface area contributed by atoms with Crippen LogP contribution in [-0.4, -0.2) is 18.0 Å². The van der Waals surface area contributed by atoms with Crippen LogP contribution in [0.15, 0.2) is 10.6 Å². The number of Topliss-reactive ketones (excluding diaryl/α,β-unsaturated/α-hetero) is 1. The number of hydrogen-bond acceptors (Lipinski definition) is 2. The van der Waals surface area contributed by atoms with Gasteiger partial charge in [0.25, 0.3) is 0 Å². The van der Waals surface area contributed by atoms with Crippen LogP contribution in [0.2, 0.25) is 0 Å². The maximum Gasteiger partial charge on any atom is 0.174 e. The first-order valence-electron chi connectivity index (χ1n) is 11.7. The lowest BCUT2D eigenvalue weighted by molar-refractivity contribution is -0.161. The Labute approximate surface area is 167 Å². The number of halogens is 1. The largest absolute Gasteiger partial charge is 0.374 e. The van der Waals surface area contributed by atoms with Crippen LogP contribution >= 0.6 is 11.6 Å². The summed E-state index contributed by atoms with van der Waals surface area (Å²) in [6.07, 6.45) is 11.2. The van der Waals surface area contributed by atoms with E-state index in [1.165, 1.54) is 50.5 Å². The van der Waals surface area contributed by atoms with E-state index in [1.807, 2.05) is 0 Å². The zero-order chi connectivity index (χ0) is 18.1. The van der Waals surface area contributed by atoms with Gasteiger partial charge < -0.3 is 4.74 Å². The summed E-state index contributed by atoms with van der Waals surface area (Å²) in [6, 6.07) is 0. The van der Waals surface area contributed by atoms with Crippen molar-refractivity contribution in [1.29, 1.82) is 0 Å². The number of fused-ring (bicyclic) bond motifs is 12. The van der Waals surface area contributed by atoms with Crippen LogP contribution in [0.1, 0.15) is 64.7 Å². The van der Waals surface area contributed by atoms with Gasteiger partial charge in [-0.3, -0.25) is 4.79 Å². The van der Waals surface area contributed by atoms with Gasteiger partial charge in [0.2, 0.25) is 0 Å². The van der Waals surface area contributed by atoms with Crippen LogP contribution in [0, 0.1) is 52.8 Å². The van der Waals surface area contributed by atoms with Gasteiger partial charge in [0.15, 0.2) is 5.78 Å². The van der Waals surface area contributed by atoms with E-state index in [9.17, 15) is 4.79 Å². The Morgan fingerprint density at radius 2 is 2.00 bits per heavy atom. The quantitative estimate of drug-likeness (QED) is 0.607. The van der Waals surface area contributed by atoms with Crippen molar-refractivity contribution in [2.45, 2.75) is 70.3 Å². The third-order valence-corrected chi connectivity index (χ3v) is 11.2. The number of carbonyl (C=O) groups excluding carboxylic acids is 1. The molecule has 7 aliphatic rings. The SMILES string of the molecule is CC[C@]12CCC3C(C1[C@@H]1C[C@@H]1[C@@]21CCCO1)[C@H]1C[C@H]1C1=C(Cl)C(=O)CC[C@@H]13. The van der Waals surface area contributed by atoms with Crippen molar-refractivity contribution in [1.82, 2.24) is 0 Å². The highest BCUT2D eigenvalue weighted by Crippen LogP contribution is 2.81. The van der Waals surface area contributed by atoms with E-state index in [4.69, 9.17) is 16.3 Å². The van der Waals surface area contributed by atoms with Crippen molar-refractivity contribution < 1.29 is 9.53 Å². The Bertz CT molecular complexity index is 764. The van der Waals surface area contributed by atoms with Gasteiger partial charge in [-0.2, -0.15) is 0 Å². The molecule has 0 N–H and O–H groups in total. The summed E-state index contributed by atoms with van der Waals surface area (Å²) in [4.78, 5) is 12.3. The molecule has 0 bridgehead atoms. The molecule has 6 fully saturated rings. The first-order valence-corrected chi connectivity index (χ1v) is 12.1. The third kappa shape index (κ3) is 1.71. The van der Waals surface area contributed by atoms with Gasteiger partial charge >= 0.3 is 0 Å². The van der Waals surface area contributed by atoms with E-state index < -0.39 is 0 Å². The van der Waals surface area contributed by atoms with Crippen molar-refractivity contribution >= 4 is 17.4 Å². The molecular formula is C24H31ClO2. The molecule has 27 heavy (non-hydrogen) atoms. The average Bonchev–Trinajstić information content (AvgIpc) is 3.59. The Balaban J connectivity index is 1.33. The van der Waals surface area contributed by atoms with Crippen LogP contribution in [-0.2, 0) is 9.53 Å². The van der Waals surface area contributed by atoms with Crippen molar-refractivity contribution in [3.05, 3.63) is 10.6 Å². The van der Waals surface area contributed by atoms with E-state index in [0.29, 0.717) is 28.7 Å². The molecule has 7 rings (SSSR count). The summed E-state index contributed by atoms with van der Waals surface area (Å²) in [5, 5.41) is 0.663. The second-order valence-corrected chi connectivity index (χ2v) is 11.4. The lowest BCUT2D eigenvalue weighted by Gasteiger charge is -2.59. The van der Waals surface area contributed by atoms with E-state index in [1.54, 1.807) is 0 Å². The summed E-state index contributed by atoms with van der Waals surface area (Å²) < 4.78 is 6.71. The van der Waals surface area contributed by atoms with E-state index in [2.05, 4.69) is 6.92 Å². The molecule has 1 aliphatic heterocycles. The third-order valence-electron chi connectivity index (χ3n) is 10.7. The lowest BCUT2D eigenvalue weighted by atomic mass is 9.47. The second-order valence-electron chi connectivity index (χ2n) is 11.0. The van der Waals surface area contributed by atoms with E-state index in [0.717, 1.165) is 48.5 Å². The van der Waals surface area contributed by atoms with Gasteiger partial charge in [-0.15, -0.1) is 0 Å². The van der Waals surface area contributed by atoms with Crippen LogP contribution in [0.4, 0.5) is 0 Å². The first-order chi connectivity index (χ1) is 13.1. The van der Waals surface area contributed by atoms with Crippen molar-refractivity contribution in [2.24, 2.45) is 52.8 Å². The highest BCUT2D eigenvalue weighted by atomic mass is 35.5. The van der Waals surface area contributed by atoms with Crippen molar-refractivity contribution in [2.75, 3.05) is 6.61 Å². The Hall–Kier alpha value is -0.340. The van der Waals surface area contributed by atoms with Gasteiger partial charge in [0.1, 0.15) is 0 Å². The predicted molar refractivity (Wildman–Crippen MR) is 104 cm³/mol. The highest BCUT2D eigenvalue weighted by molar-refractivity contribution is 6.43. The maximum atomic E-state index is 12.3. The number of hydrogen-bond donors (Lipinski definition) is 0. The lowest BCUT2D eigenvalue weighted by Crippen LogP contribution is -2.56. The molecule has 0 radical (unpaired) electrons. The van der Waals surface area contributed by atoms with Crippen LogP contribution < -0.4 is 0 Å². The Kier molecular flexibility index (Phi) is 3.07. The molecule has 3 unspecified atom stereocenters. The number of ether oxygens (including phenoxy) is 1. The Morgan fingerprint density at radius 3 is 2.78 bits per heavy atom. The van der Waals surface area contributed by atoms with Gasteiger partial charge in [-0.1, -0.05) is 18.5 Å². The topological polar surface area (TPSA) is 26.3 Å². The molecule has 6 aliphatic carbocycles. The molecule has 1 heterocycles. The minimum absolute atomic E-state index is 0.229. The molecular weight excluding hydrogens is 356 g/mol. The van der Waals surface area contributed by atoms with E-state index >= 15 is 0 Å². The van der Waals surface area contributed by atoms with Crippen molar-refractivity contribution in [3.63, 3.8) is 0 Å². The van der Waals surface area contributed by atoms with Gasteiger partial charge in [-0.25, -0.2) is 0 Å². The zero-order valence-electron chi connectivity index (χ0n) is 16.4. The Morgan fingerprint density at radius 1 is 1.11 bits per heavy atom. The smallest absolute Gasteiger partial charge is 0.174 e. The fourth-order valence-electron chi connectivity index (χ4n) is 9.99. The van der Waals surface area contributed by atoms with Crippen LogP contribution in [0.3, 0.4) is 0 Å². The van der Waals surface area contributed by atoms with Gasteiger partial charge in [0.05, 0.1) is 10.6 Å². The summed E-state index contributed by atoms with van der Waals surface area (Å²) in [5.41, 5.74) is 2.12. The minimum Gasteiger partial charge on any atom is -0.374 e. The summed E-state index contributed by atoms with van der Waals surface area (Å²) >= 11 is 6.60. The molecule has 2 nitrogen and oxygen atoms in total. The van der Waals surface area contributed by atoms with Gasteiger partial charge in [0, 0.05) is 18.4 Å². The minimum atomic E-state index is 0.229. The standard InChI is InChI=1S/C24H31ClO2/c1-2-23-8-6-13-12-4-5-18(26)22(25)20(12)15-10-14(15)19(13)21(23)16-11-17(16)24(23)7-3-9-27-24/h12-17,19,21H,2-11H2,1H3/t12-,13?,14+,15-,16-,17+,19?,21?,23+,24+/m1/s1. The predicted octanol–water partition coefficient (Wildman–Crippen LogP) is 5.35. The normalized spacial score (nSPS) is 59.9. The highest BCUT2D eigenvalue weighted by Gasteiger charge is 2.79.